The van der Waals surface area contributed by atoms with Gasteiger partial charge in [-0.15, -0.1) is 0 Å². The Bertz CT molecular complexity index is 370. The van der Waals surface area contributed by atoms with Crippen molar-refractivity contribution >= 4 is 11.6 Å². The molecule has 2 nitrogen and oxygen atoms in total. The molecule has 0 spiro atoms. The molecule has 1 aromatic carbocycles. The summed E-state index contributed by atoms with van der Waals surface area (Å²) >= 11 is 6.12. The van der Waals surface area contributed by atoms with E-state index in [1.807, 2.05) is 19.2 Å². The predicted molar refractivity (Wildman–Crippen MR) is 78.3 cm³/mol. The lowest BCUT2D eigenvalue weighted by Gasteiger charge is -2.26. The second-order valence-corrected chi connectivity index (χ2v) is 5.84. The van der Waals surface area contributed by atoms with Gasteiger partial charge >= 0.3 is 0 Å². The van der Waals surface area contributed by atoms with Crippen molar-refractivity contribution in [2.45, 2.75) is 45.3 Å². The summed E-state index contributed by atoms with van der Waals surface area (Å²) in [5.41, 5.74) is 2.36. The molecule has 0 saturated heterocycles. The number of hydrogen-bond donors (Lipinski definition) is 1. The molecule has 0 amide bonds. The Labute approximate surface area is 116 Å². The lowest BCUT2D eigenvalue weighted by Crippen LogP contribution is -2.26. The van der Waals surface area contributed by atoms with Crippen molar-refractivity contribution in [3.63, 3.8) is 0 Å². The minimum atomic E-state index is -0.0806. The van der Waals surface area contributed by atoms with Gasteiger partial charge in [-0.1, -0.05) is 17.7 Å². The molecule has 0 aliphatic carbocycles. The molecule has 1 rings (SSSR count). The van der Waals surface area contributed by atoms with Gasteiger partial charge in [0.05, 0.1) is 5.60 Å². The highest BCUT2D eigenvalue weighted by Crippen LogP contribution is 2.26. The van der Waals surface area contributed by atoms with E-state index in [-0.39, 0.29) is 5.60 Å². The summed E-state index contributed by atoms with van der Waals surface area (Å²) < 4.78 is 5.46. The van der Waals surface area contributed by atoms with Crippen LogP contribution in [0.4, 0.5) is 0 Å². The summed E-state index contributed by atoms with van der Waals surface area (Å²) in [6.07, 6.45) is 2.03. The normalized spacial score (nSPS) is 13.7. The molecule has 0 fully saturated rings. The summed E-state index contributed by atoms with van der Waals surface area (Å²) in [4.78, 5) is 0. The molecule has 0 saturated carbocycles. The standard InChI is InChI=1S/C15H24ClNO/c1-11-8-12(10-13(16)9-11)14(17-4)6-7-15(2,3)18-5/h8-10,14,17H,6-7H2,1-5H3. The Hall–Kier alpha value is -0.570. The van der Waals surface area contributed by atoms with E-state index >= 15 is 0 Å². The number of hydrogen-bond acceptors (Lipinski definition) is 2. The minimum absolute atomic E-state index is 0.0806. The summed E-state index contributed by atoms with van der Waals surface area (Å²) in [6.45, 7) is 6.30. The number of nitrogens with one attached hydrogen (secondary N) is 1. The predicted octanol–water partition coefficient (Wildman–Crippen LogP) is 4.11. The molecule has 0 heterocycles. The smallest absolute Gasteiger partial charge is 0.0623 e. The highest BCUT2D eigenvalue weighted by Gasteiger charge is 2.19. The molecule has 0 aromatic heterocycles. The lowest BCUT2D eigenvalue weighted by atomic mass is 9.94. The summed E-state index contributed by atoms with van der Waals surface area (Å²) in [7, 11) is 3.75. The zero-order valence-electron chi connectivity index (χ0n) is 12.0. The number of rotatable bonds is 6. The van der Waals surface area contributed by atoms with Crippen LogP contribution in [0.3, 0.4) is 0 Å². The van der Waals surface area contributed by atoms with Crippen molar-refractivity contribution < 1.29 is 4.74 Å². The van der Waals surface area contributed by atoms with Crippen LogP contribution in [-0.4, -0.2) is 19.8 Å². The molecule has 3 heteroatoms. The first-order chi connectivity index (χ1) is 8.38. The topological polar surface area (TPSA) is 21.3 Å². The molecular formula is C15H24ClNO. The first kappa shape index (κ1) is 15.5. The molecule has 0 aliphatic rings. The van der Waals surface area contributed by atoms with Crippen LogP contribution in [0.2, 0.25) is 5.02 Å². The Kier molecular flexibility index (Phi) is 5.64. The fraction of sp³-hybridized carbons (Fsp3) is 0.600. The van der Waals surface area contributed by atoms with Crippen LogP contribution >= 0.6 is 11.6 Å². The van der Waals surface area contributed by atoms with Gasteiger partial charge in [0.2, 0.25) is 0 Å². The van der Waals surface area contributed by atoms with Gasteiger partial charge in [0.15, 0.2) is 0 Å². The van der Waals surface area contributed by atoms with E-state index in [2.05, 4.69) is 32.2 Å². The van der Waals surface area contributed by atoms with Crippen molar-refractivity contribution in [1.29, 1.82) is 0 Å². The van der Waals surface area contributed by atoms with Crippen molar-refractivity contribution in [1.82, 2.24) is 5.32 Å². The van der Waals surface area contributed by atoms with Crippen LogP contribution < -0.4 is 5.32 Å². The lowest BCUT2D eigenvalue weighted by molar-refractivity contribution is 0.0118. The summed E-state index contributed by atoms with van der Waals surface area (Å²) in [6, 6.07) is 6.52. The third-order valence-corrected chi connectivity index (χ3v) is 3.62. The fourth-order valence-corrected chi connectivity index (χ4v) is 2.34. The number of halogens is 1. The summed E-state index contributed by atoms with van der Waals surface area (Å²) in [5.74, 6) is 0. The quantitative estimate of drug-likeness (QED) is 0.839. The first-order valence-electron chi connectivity index (χ1n) is 6.37. The zero-order valence-corrected chi connectivity index (χ0v) is 12.8. The van der Waals surface area contributed by atoms with E-state index in [1.54, 1.807) is 7.11 Å². The number of ether oxygens (including phenoxy) is 1. The zero-order chi connectivity index (χ0) is 13.8. The maximum atomic E-state index is 6.12. The van der Waals surface area contributed by atoms with E-state index in [4.69, 9.17) is 16.3 Å². The highest BCUT2D eigenvalue weighted by atomic mass is 35.5. The molecule has 0 bridgehead atoms. The fourth-order valence-electron chi connectivity index (χ4n) is 2.04. The van der Waals surface area contributed by atoms with Gasteiger partial charge in [-0.2, -0.15) is 0 Å². The van der Waals surface area contributed by atoms with Crippen molar-refractivity contribution in [2.24, 2.45) is 0 Å². The third-order valence-electron chi connectivity index (χ3n) is 3.40. The SMILES string of the molecule is CNC(CCC(C)(C)OC)c1cc(C)cc(Cl)c1. The maximum absolute atomic E-state index is 6.12. The van der Waals surface area contributed by atoms with E-state index in [1.165, 1.54) is 11.1 Å². The van der Waals surface area contributed by atoms with Crippen LogP contribution in [0.15, 0.2) is 18.2 Å². The monoisotopic (exact) mass is 269 g/mol. The minimum Gasteiger partial charge on any atom is -0.379 e. The van der Waals surface area contributed by atoms with Gasteiger partial charge in [-0.05, 0) is 63.9 Å². The van der Waals surface area contributed by atoms with Crippen LogP contribution in [0, 0.1) is 6.92 Å². The van der Waals surface area contributed by atoms with Gasteiger partial charge in [0.1, 0.15) is 0 Å². The van der Waals surface area contributed by atoms with Crippen LogP contribution in [0.5, 0.6) is 0 Å². The average Bonchev–Trinajstić information content (AvgIpc) is 2.28. The third kappa shape index (κ3) is 4.60. The second kappa shape index (κ2) is 6.55. The molecule has 0 radical (unpaired) electrons. The van der Waals surface area contributed by atoms with Crippen molar-refractivity contribution in [3.8, 4) is 0 Å². The highest BCUT2D eigenvalue weighted by molar-refractivity contribution is 6.30. The van der Waals surface area contributed by atoms with Crippen LogP contribution in [0.1, 0.15) is 43.9 Å². The van der Waals surface area contributed by atoms with Crippen molar-refractivity contribution in [3.05, 3.63) is 34.3 Å². The first-order valence-corrected chi connectivity index (χ1v) is 6.75. The van der Waals surface area contributed by atoms with Gasteiger partial charge < -0.3 is 10.1 Å². The molecule has 1 aromatic rings. The maximum Gasteiger partial charge on any atom is 0.0623 e. The Morgan fingerprint density at radius 3 is 2.50 bits per heavy atom. The average molecular weight is 270 g/mol. The summed E-state index contributed by atoms with van der Waals surface area (Å²) in [5, 5.41) is 4.16. The van der Waals surface area contributed by atoms with E-state index < -0.39 is 0 Å². The Balaban J connectivity index is 2.77. The molecule has 102 valence electrons. The van der Waals surface area contributed by atoms with Gasteiger partial charge in [0, 0.05) is 18.2 Å². The largest absolute Gasteiger partial charge is 0.379 e. The van der Waals surface area contributed by atoms with Gasteiger partial charge in [0.25, 0.3) is 0 Å². The molecule has 18 heavy (non-hydrogen) atoms. The molecule has 1 N–H and O–H groups in total. The van der Waals surface area contributed by atoms with Gasteiger partial charge in [-0.3, -0.25) is 0 Å². The van der Waals surface area contributed by atoms with Crippen LogP contribution in [0.25, 0.3) is 0 Å². The Morgan fingerprint density at radius 2 is 2.00 bits per heavy atom. The van der Waals surface area contributed by atoms with Gasteiger partial charge in [-0.25, -0.2) is 0 Å². The van der Waals surface area contributed by atoms with Crippen LogP contribution in [-0.2, 0) is 4.74 Å². The van der Waals surface area contributed by atoms with E-state index in [0.29, 0.717) is 6.04 Å². The molecule has 1 atom stereocenters. The molecule has 0 aliphatic heterocycles. The molecule has 1 unspecified atom stereocenters. The van der Waals surface area contributed by atoms with Crippen molar-refractivity contribution in [2.75, 3.05) is 14.2 Å². The number of aryl methyl sites for hydroxylation is 1. The van der Waals surface area contributed by atoms with E-state index in [9.17, 15) is 0 Å². The second-order valence-electron chi connectivity index (χ2n) is 5.41. The molecular weight excluding hydrogens is 246 g/mol. The number of benzene rings is 1. The number of methoxy groups -OCH3 is 1. The van der Waals surface area contributed by atoms with E-state index in [0.717, 1.165) is 17.9 Å². The Morgan fingerprint density at radius 1 is 1.33 bits per heavy atom.